The number of benzene rings is 1. The molecule has 19 heavy (non-hydrogen) atoms. The first-order chi connectivity index (χ1) is 8.90. The second-order valence-electron chi connectivity index (χ2n) is 4.50. The van der Waals surface area contributed by atoms with Crippen LogP contribution >= 0.6 is 0 Å². The second kappa shape index (κ2) is 4.85. The van der Waals surface area contributed by atoms with Gasteiger partial charge in [-0.3, -0.25) is 9.59 Å². The van der Waals surface area contributed by atoms with E-state index in [1.165, 1.54) is 12.1 Å². The van der Waals surface area contributed by atoms with Crippen molar-refractivity contribution in [2.24, 2.45) is 5.73 Å². The molecule has 1 aliphatic heterocycles. The van der Waals surface area contributed by atoms with Crippen LogP contribution in [0.25, 0.3) is 0 Å². The van der Waals surface area contributed by atoms with E-state index in [0.717, 1.165) is 11.0 Å². The third-order valence-electron chi connectivity index (χ3n) is 3.09. The van der Waals surface area contributed by atoms with Crippen molar-refractivity contribution in [2.75, 3.05) is 12.3 Å². The minimum Gasteiger partial charge on any atom is -0.399 e. The van der Waals surface area contributed by atoms with Gasteiger partial charge in [-0.25, -0.2) is 4.39 Å². The molecule has 7 heteroatoms. The molecule has 1 aliphatic rings. The molecule has 2 atom stereocenters. The number of anilines is 1. The van der Waals surface area contributed by atoms with E-state index in [2.05, 4.69) is 0 Å². The van der Waals surface area contributed by atoms with E-state index in [1.54, 1.807) is 0 Å². The molecule has 0 aliphatic carbocycles. The summed E-state index contributed by atoms with van der Waals surface area (Å²) in [6.45, 7) is -0.0549. The first kappa shape index (κ1) is 13.3. The van der Waals surface area contributed by atoms with Crippen molar-refractivity contribution < 1.29 is 19.1 Å². The minimum atomic E-state index is -0.927. The number of aliphatic hydroxyl groups is 1. The minimum absolute atomic E-state index is 0.0549. The molecular formula is C12H14FN3O3. The van der Waals surface area contributed by atoms with E-state index in [4.69, 9.17) is 11.5 Å². The van der Waals surface area contributed by atoms with E-state index in [1.807, 2.05) is 0 Å². The number of amides is 2. The Morgan fingerprint density at radius 3 is 2.74 bits per heavy atom. The number of hydrogen-bond donors (Lipinski definition) is 3. The Hall–Kier alpha value is -2.15. The highest BCUT2D eigenvalue weighted by Crippen LogP contribution is 2.22. The number of hydrogen-bond acceptors (Lipinski definition) is 4. The number of halogens is 1. The van der Waals surface area contributed by atoms with Gasteiger partial charge in [-0.2, -0.15) is 0 Å². The summed E-state index contributed by atoms with van der Waals surface area (Å²) in [5.74, 6) is -2.16. The van der Waals surface area contributed by atoms with E-state index in [-0.39, 0.29) is 24.2 Å². The van der Waals surface area contributed by atoms with Crippen molar-refractivity contribution in [3.05, 3.63) is 29.6 Å². The Morgan fingerprint density at radius 2 is 2.11 bits per heavy atom. The fourth-order valence-electron chi connectivity index (χ4n) is 2.17. The molecule has 102 valence electrons. The zero-order valence-corrected chi connectivity index (χ0v) is 10.0. The van der Waals surface area contributed by atoms with Crippen LogP contribution in [0.15, 0.2) is 18.2 Å². The molecule has 1 heterocycles. The molecule has 1 fully saturated rings. The third-order valence-corrected chi connectivity index (χ3v) is 3.09. The number of primary amides is 1. The van der Waals surface area contributed by atoms with Crippen LogP contribution in [0.2, 0.25) is 0 Å². The zero-order valence-electron chi connectivity index (χ0n) is 10.0. The number of nitrogens with two attached hydrogens (primary N) is 2. The van der Waals surface area contributed by atoms with E-state index in [0.29, 0.717) is 0 Å². The topological polar surface area (TPSA) is 110 Å². The molecule has 0 spiro atoms. The number of carbonyl (C=O) groups excluding carboxylic acids is 2. The monoisotopic (exact) mass is 267 g/mol. The van der Waals surface area contributed by atoms with Crippen LogP contribution in [0.3, 0.4) is 0 Å². The quantitative estimate of drug-likeness (QED) is 0.625. The number of carbonyl (C=O) groups is 2. The standard InChI is InChI=1S/C12H14FN3O3/c13-9-2-1-6(14)3-8(9)12(19)16-5-7(17)4-10(16)11(15)18/h1-3,7,10,17H,4-5,14H2,(H2,15,18). The van der Waals surface area contributed by atoms with Crippen LogP contribution in [0.5, 0.6) is 0 Å². The zero-order chi connectivity index (χ0) is 14.2. The maximum Gasteiger partial charge on any atom is 0.257 e. The average Bonchev–Trinajstić information content (AvgIpc) is 2.74. The highest BCUT2D eigenvalue weighted by atomic mass is 19.1. The lowest BCUT2D eigenvalue weighted by Gasteiger charge is -2.22. The van der Waals surface area contributed by atoms with Gasteiger partial charge in [0, 0.05) is 18.7 Å². The van der Waals surface area contributed by atoms with Gasteiger partial charge >= 0.3 is 0 Å². The Kier molecular flexibility index (Phi) is 3.39. The summed E-state index contributed by atoms with van der Waals surface area (Å²) in [6, 6.07) is 2.67. The molecule has 0 aromatic heterocycles. The Labute approximate surface area is 108 Å². The average molecular weight is 267 g/mol. The van der Waals surface area contributed by atoms with Crippen molar-refractivity contribution in [3.8, 4) is 0 Å². The number of rotatable bonds is 2. The molecule has 2 amide bonds. The summed E-state index contributed by atoms with van der Waals surface area (Å²) < 4.78 is 13.6. The van der Waals surface area contributed by atoms with Crippen LogP contribution in [0.1, 0.15) is 16.8 Å². The fourth-order valence-corrected chi connectivity index (χ4v) is 2.17. The molecule has 2 unspecified atom stereocenters. The van der Waals surface area contributed by atoms with Crippen molar-refractivity contribution in [3.63, 3.8) is 0 Å². The van der Waals surface area contributed by atoms with Gasteiger partial charge in [-0.15, -0.1) is 0 Å². The lowest BCUT2D eigenvalue weighted by Crippen LogP contribution is -2.44. The smallest absolute Gasteiger partial charge is 0.257 e. The number of β-amino-alcohol motifs (C(OH)–C–C–N with tert-alkyl or cyclic N) is 1. The lowest BCUT2D eigenvalue weighted by atomic mass is 10.1. The predicted molar refractivity (Wildman–Crippen MR) is 65.5 cm³/mol. The number of aliphatic hydroxyl groups excluding tert-OH is 1. The normalized spacial score (nSPS) is 22.5. The highest BCUT2D eigenvalue weighted by Gasteiger charge is 2.38. The second-order valence-corrected chi connectivity index (χ2v) is 4.50. The first-order valence-electron chi connectivity index (χ1n) is 5.73. The fraction of sp³-hybridized carbons (Fsp3) is 0.333. The van der Waals surface area contributed by atoms with E-state index >= 15 is 0 Å². The van der Waals surface area contributed by atoms with Gasteiger partial charge in [-0.1, -0.05) is 0 Å². The lowest BCUT2D eigenvalue weighted by molar-refractivity contribution is -0.121. The number of nitrogen functional groups attached to an aromatic ring is 1. The molecule has 1 aromatic carbocycles. The predicted octanol–water partition coefficient (Wildman–Crippen LogP) is -0.531. The maximum atomic E-state index is 13.6. The molecule has 2 rings (SSSR count). The van der Waals surface area contributed by atoms with E-state index in [9.17, 15) is 19.1 Å². The maximum absolute atomic E-state index is 13.6. The van der Waals surface area contributed by atoms with Crippen LogP contribution in [0, 0.1) is 5.82 Å². The molecule has 1 saturated heterocycles. The van der Waals surface area contributed by atoms with Gasteiger partial charge in [0.1, 0.15) is 11.9 Å². The largest absolute Gasteiger partial charge is 0.399 e. The van der Waals surface area contributed by atoms with Crippen LogP contribution in [0.4, 0.5) is 10.1 Å². The van der Waals surface area contributed by atoms with E-state index < -0.39 is 29.8 Å². The van der Waals surface area contributed by atoms with Crippen molar-refractivity contribution in [2.45, 2.75) is 18.6 Å². The van der Waals surface area contributed by atoms with Gasteiger partial charge < -0.3 is 21.5 Å². The van der Waals surface area contributed by atoms with Gasteiger partial charge in [0.25, 0.3) is 5.91 Å². The summed E-state index contributed by atoms with van der Waals surface area (Å²) in [5, 5.41) is 9.52. The molecular weight excluding hydrogens is 253 g/mol. The molecule has 0 radical (unpaired) electrons. The van der Waals surface area contributed by atoms with Crippen LogP contribution in [-0.2, 0) is 4.79 Å². The molecule has 0 saturated carbocycles. The van der Waals surface area contributed by atoms with Crippen LogP contribution < -0.4 is 11.5 Å². The molecule has 5 N–H and O–H groups in total. The highest BCUT2D eigenvalue weighted by molar-refractivity contribution is 5.98. The van der Waals surface area contributed by atoms with Gasteiger partial charge in [0.05, 0.1) is 11.7 Å². The van der Waals surface area contributed by atoms with Gasteiger partial charge in [0.2, 0.25) is 5.91 Å². The molecule has 1 aromatic rings. The van der Waals surface area contributed by atoms with Crippen molar-refractivity contribution in [1.82, 2.24) is 4.90 Å². The third kappa shape index (κ3) is 2.50. The Balaban J connectivity index is 2.33. The molecule has 0 bridgehead atoms. The first-order valence-corrected chi connectivity index (χ1v) is 5.73. The Bertz CT molecular complexity index is 535. The summed E-state index contributed by atoms with van der Waals surface area (Å²) in [7, 11) is 0. The SMILES string of the molecule is NC(=O)C1CC(O)CN1C(=O)c1cc(N)ccc1F. The summed E-state index contributed by atoms with van der Waals surface area (Å²) in [4.78, 5) is 24.5. The van der Waals surface area contributed by atoms with Crippen LogP contribution in [-0.4, -0.2) is 40.5 Å². The van der Waals surface area contributed by atoms with Gasteiger partial charge in [-0.05, 0) is 18.2 Å². The summed E-state index contributed by atoms with van der Waals surface area (Å²) in [5.41, 5.74) is 10.7. The van der Waals surface area contributed by atoms with Crippen molar-refractivity contribution >= 4 is 17.5 Å². The molecule has 6 nitrogen and oxygen atoms in total. The summed E-state index contributed by atoms with van der Waals surface area (Å²) >= 11 is 0. The summed E-state index contributed by atoms with van der Waals surface area (Å²) in [6.07, 6.45) is -0.782. The Morgan fingerprint density at radius 1 is 1.42 bits per heavy atom. The van der Waals surface area contributed by atoms with Gasteiger partial charge in [0.15, 0.2) is 0 Å². The number of likely N-dealkylation sites (tertiary alicyclic amines) is 1. The number of nitrogens with zero attached hydrogens (tertiary/aromatic N) is 1. The van der Waals surface area contributed by atoms with Crippen molar-refractivity contribution in [1.29, 1.82) is 0 Å².